The summed E-state index contributed by atoms with van der Waals surface area (Å²) >= 11 is 0. The first-order valence-corrected chi connectivity index (χ1v) is 6.19. The van der Waals surface area contributed by atoms with Crippen molar-refractivity contribution in [2.45, 2.75) is 31.7 Å². The van der Waals surface area contributed by atoms with Crippen molar-refractivity contribution in [3.05, 3.63) is 0 Å². The van der Waals surface area contributed by atoms with Crippen molar-refractivity contribution < 1.29 is 14.3 Å². The average molecular weight is 225 g/mol. The van der Waals surface area contributed by atoms with E-state index in [1.54, 1.807) is 0 Å². The number of carbonyl (C=O) groups excluding carboxylic acids is 1. The Morgan fingerprint density at radius 1 is 1.38 bits per heavy atom. The van der Waals surface area contributed by atoms with Gasteiger partial charge in [-0.1, -0.05) is 0 Å². The van der Waals surface area contributed by atoms with Gasteiger partial charge in [0.2, 0.25) is 0 Å². The van der Waals surface area contributed by atoms with Crippen molar-refractivity contribution in [2.24, 2.45) is 11.3 Å². The molecule has 1 unspecified atom stereocenters. The van der Waals surface area contributed by atoms with Crippen molar-refractivity contribution in [1.29, 1.82) is 0 Å². The van der Waals surface area contributed by atoms with Gasteiger partial charge in [-0.25, -0.2) is 4.79 Å². The van der Waals surface area contributed by atoms with Crippen LogP contribution in [0.3, 0.4) is 0 Å². The van der Waals surface area contributed by atoms with Crippen LogP contribution in [0.25, 0.3) is 0 Å². The molecule has 1 atom stereocenters. The summed E-state index contributed by atoms with van der Waals surface area (Å²) in [6, 6.07) is 0.434. The number of nitrogens with zero attached hydrogens (tertiary/aromatic N) is 1. The molecule has 2 heterocycles. The van der Waals surface area contributed by atoms with Crippen LogP contribution < -0.4 is 0 Å². The van der Waals surface area contributed by atoms with Gasteiger partial charge in [-0.3, -0.25) is 0 Å². The molecule has 0 aromatic heterocycles. The predicted octanol–water partition coefficient (Wildman–Crippen LogP) is 1.64. The number of hydrogen-bond acceptors (Lipinski definition) is 3. The van der Waals surface area contributed by atoms with Crippen LogP contribution in [0.1, 0.15) is 25.7 Å². The van der Waals surface area contributed by atoms with Crippen LogP contribution in [0.15, 0.2) is 0 Å². The lowest BCUT2D eigenvalue weighted by Gasteiger charge is -2.58. The van der Waals surface area contributed by atoms with Gasteiger partial charge in [0.15, 0.2) is 0 Å². The lowest BCUT2D eigenvalue weighted by molar-refractivity contribution is -0.126. The summed E-state index contributed by atoms with van der Waals surface area (Å²) in [6.45, 7) is 2.60. The van der Waals surface area contributed by atoms with Gasteiger partial charge >= 0.3 is 6.09 Å². The molecule has 1 aliphatic carbocycles. The smallest absolute Gasteiger partial charge is 0.409 e. The first kappa shape index (κ1) is 10.4. The predicted molar refractivity (Wildman–Crippen MR) is 58.1 cm³/mol. The fourth-order valence-electron chi connectivity index (χ4n) is 3.44. The lowest BCUT2D eigenvalue weighted by Crippen LogP contribution is -2.68. The van der Waals surface area contributed by atoms with Gasteiger partial charge in [-0.05, 0) is 31.6 Å². The number of ether oxygens (including phenoxy) is 2. The molecule has 2 saturated heterocycles. The van der Waals surface area contributed by atoms with Gasteiger partial charge in [0.05, 0.1) is 7.11 Å². The highest BCUT2D eigenvalue weighted by molar-refractivity contribution is 5.69. The van der Waals surface area contributed by atoms with Crippen molar-refractivity contribution in [1.82, 2.24) is 4.90 Å². The molecule has 4 heteroatoms. The van der Waals surface area contributed by atoms with E-state index in [0.29, 0.717) is 11.5 Å². The minimum atomic E-state index is -0.144. The third-order valence-electron chi connectivity index (χ3n) is 4.41. The molecule has 0 bridgehead atoms. The van der Waals surface area contributed by atoms with Crippen LogP contribution >= 0.6 is 0 Å². The minimum Gasteiger partial charge on any atom is -0.453 e. The van der Waals surface area contributed by atoms with E-state index in [0.717, 1.165) is 38.5 Å². The summed E-state index contributed by atoms with van der Waals surface area (Å²) in [4.78, 5) is 13.6. The van der Waals surface area contributed by atoms with E-state index < -0.39 is 0 Å². The summed E-state index contributed by atoms with van der Waals surface area (Å²) in [5.41, 5.74) is 0.355. The molecule has 1 spiro atoms. The Labute approximate surface area is 95.9 Å². The standard InChI is InChI=1S/C12H19NO3/c1-15-11(14)13-8-12(4-6-16-7-5-12)10(13)9-2-3-9/h9-10H,2-8H2,1H3. The molecule has 0 aromatic carbocycles. The van der Waals surface area contributed by atoms with Crippen LogP contribution in [0.5, 0.6) is 0 Å². The zero-order chi connectivity index (χ0) is 11.2. The van der Waals surface area contributed by atoms with E-state index in [2.05, 4.69) is 0 Å². The van der Waals surface area contributed by atoms with Crippen molar-refractivity contribution >= 4 is 6.09 Å². The second-order valence-electron chi connectivity index (χ2n) is 5.35. The molecule has 3 rings (SSSR count). The van der Waals surface area contributed by atoms with Crippen LogP contribution in [0.2, 0.25) is 0 Å². The fraction of sp³-hybridized carbons (Fsp3) is 0.917. The van der Waals surface area contributed by atoms with E-state index in [-0.39, 0.29) is 6.09 Å². The molecular formula is C12H19NO3. The fourth-order valence-corrected chi connectivity index (χ4v) is 3.44. The summed E-state index contributed by atoms with van der Waals surface area (Å²) in [7, 11) is 1.47. The Morgan fingerprint density at radius 3 is 2.62 bits per heavy atom. The summed E-state index contributed by atoms with van der Waals surface area (Å²) in [5.74, 6) is 0.728. The summed E-state index contributed by atoms with van der Waals surface area (Å²) < 4.78 is 10.3. The third kappa shape index (κ3) is 1.43. The van der Waals surface area contributed by atoms with Crippen molar-refractivity contribution in [3.63, 3.8) is 0 Å². The van der Waals surface area contributed by atoms with E-state index in [1.807, 2.05) is 4.90 Å². The molecule has 1 amide bonds. The Balaban J connectivity index is 1.75. The minimum absolute atomic E-state index is 0.144. The van der Waals surface area contributed by atoms with E-state index in [1.165, 1.54) is 20.0 Å². The number of carbonyl (C=O) groups is 1. The molecule has 3 aliphatic rings. The quantitative estimate of drug-likeness (QED) is 0.681. The summed E-state index contributed by atoms with van der Waals surface area (Å²) in [5, 5.41) is 0. The van der Waals surface area contributed by atoms with Crippen LogP contribution in [0.4, 0.5) is 4.79 Å². The molecule has 1 saturated carbocycles. The van der Waals surface area contributed by atoms with E-state index >= 15 is 0 Å². The first-order chi connectivity index (χ1) is 7.77. The van der Waals surface area contributed by atoms with Crippen LogP contribution in [0, 0.1) is 11.3 Å². The Bertz CT molecular complexity index is 295. The second-order valence-corrected chi connectivity index (χ2v) is 5.35. The Hall–Kier alpha value is -0.770. The number of methoxy groups -OCH3 is 1. The maximum atomic E-state index is 11.6. The van der Waals surface area contributed by atoms with Gasteiger partial charge in [0.25, 0.3) is 0 Å². The normalized spacial score (nSPS) is 32.3. The van der Waals surface area contributed by atoms with Crippen molar-refractivity contribution in [3.8, 4) is 0 Å². The molecule has 0 radical (unpaired) electrons. The first-order valence-electron chi connectivity index (χ1n) is 6.19. The molecule has 16 heavy (non-hydrogen) atoms. The van der Waals surface area contributed by atoms with E-state index in [4.69, 9.17) is 9.47 Å². The number of hydrogen-bond donors (Lipinski definition) is 0. The molecule has 90 valence electrons. The maximum absolute atomic E-state index is 11.6. The molecule has 2 aliphatic heterocycles. The molecule has 4 nitrogen and oxygen atoms in total. The maximum Gasteiger partial charge on any atom is 0.409 e. The van der Waals surface area contributed by atoms with Gasteiger partial charge in [-0.2, -0.15) is 0 Å². The van der Waals surface area contributed by atoms with Crippen molar-refractivity contribution in [2.75, 3.05) is 26.9 Å². The van der Waals surface area contributed by atoms with Gasteiger partial charge < -0.3 is 14.4 Å². The number of amides is 1. The van der Waals surface area contributed by atoms with Crippen LogP contribution in [-0.4, -0.2) is 43.9 Å². The SMILES string of the molecule is COC(=O)N1CC2(CCOCC2)C1C1CC1. The highest BCUT2D eigenvalue weighted by atomic mass is 16.5. The topological polar surface area (TPSA) is 38.8 Å². The Kier molecular flexibility index (Phi) is 2.35. The molecule has 0 N–H and O–H groups in total. The zero-order valence-electron chi connectivity index (χ0n) is 9.78. The molecular weight excluding hydrogens is 206 g/mol. The number of likely N-dealkylation sites (tertiary alicyclic amines) is 1. The largest absolute Gasteiger partial charge is 0.453 e. The Morgan fingerprint density at radius 2 is 2.06 bits per heavy atom. The summed E-state index contributed by atoms with van der Waals surface area (Å²) in [6.07, 6.45) is 4.64. The van der Waals surface area contributed by atoms with Gasteiger partial charge in [0, 0.05) is 31.2 Å². The monoisotopic (exact) mass is 225 g/mol. The molecule has 0 aromatic rings. The van der Waals surface area contributed by atoms with Gasteiger partial charge in [0.1, 0.15) is 0 Å². The third-order valence-corrected chi connectivity index (χ3v) is 4.41. The van der Waals surface area contributed by atoms with Gasteiger partial charge in [-0.15, -0.1) is 0 Å². The highest BCUT2D eigenvalue weighted by Gasteiger charge is 2.59. The second kappa shape index (κ2) is 3.62. The average Bonchev–Trinajstić information content (AvgIpc) is 3.10. The van der Waals surface area contributed by atoms with Crippen LogP contribution in [-0.2, 0) is 9.47 Å². The number of rotatable bonds is 1. The zero-order valence-corrected chi connectivity index (χ0v) is 9.78. The molecule has 3 fully saturated rings. The highest BCUT2D eigenvalue weighted by Crippen LogP contribution is 2.54. The van der Waals surface area contributed by atoms with E-state index in [9.17, 15) is 4.79 Å². The lowest BCUT2D eigenvalue weighted by atomic mass is 9.64.